The normalized spacial score (nSPS) is 12.7. The van der Waals surface area contributed by atoms with Crippen molar-refractivity contribution in [2.75, 3.05) is 0 Å². The predicted octanol–water partition coefficient (Wildman–Crippen LogP) is 5.92. The maximum absolute atomic E-state index is 4.72. The van der Waals surface area contributed by atoms with Crippen molar-refractivity contribution in [2.24, 2.45) is 0 Å². The predicted molar refractivity (Wildman–Crippen MR) is 124 cm³/mol. The average Bonchev–Trinajstić information content (AvgIpc) is 3.42. The van der Waals surface area contributed by atoms with Crippen molar-refractivity contribution in [3.05, 3.63) is 72.8 Å². The summed E-state index contributed by atoms with van der Waals surface area (Å²) in [4.78, 5) is 3.76. The first-order valence-corrected chi connectivity index (χ1v) is 11.4. The Morgan fingerprint density at radius 1 is 0.767 bits per heavy atom. The number of hydrogen-bond acceptors (Lipinski definition) is 2. The van der Waals surface area contributed by atoms with E-state index in [2.05, 4.69) is 69.6 Å². The Morgan fingerprint density at radius 3 is 2.73 bits per heavy atom. The molecule has 1 N–H and O–H groups in total. The molecule has 0 aliphatic rings. The summed E-state index contributed by atoms with van der Waals surface area (Å²) in [6.45, 7) is 0. The van der Waals surface area contributed by atoms with Crippen LogP contribution in [0.5, 0.6) is 0 Å². The Kier molecular flexibility index (Phi) is 2.65. The van der Waals surface area contributed by atoms with E-state index in [4.69, 9.17) is 3.98 Å². The number of hydrogen-bond donors (Lipinski definition) is 1. The van der Waals surface area contributed by atoms with Crippen LogP contribution in [0, 0.1) is 12.1 Å². The average molecular weight is 444 g/mol. The molecule has 0 bridgehead atoms. The van der Waals surface area contributed by atoms with Gasteiger partial charge in [-0.3, -0.25) is 0 Å². The van der Waals surface area contributed by atoms with Gasteiger partial charge in [-0.2, -0.15) is 0 Å². The number of fused-ring (bicyclic) bond motifs is 2. The van der Waals surface area contributed by atoms with Gasteiger partial charge in [-0.1, -0.05) is 0 Å². The van der Waals surface area contributed by atoms with Gasteiger partial charge in [0.05, 0.1) is 0 Å². The molecule has 0 spiro atoms. The fraction of sp³-hybridized carbons (Fsp3) is 0. The van der Waals surface area contributed by atoms with Crippen LogP contribution < -0.4 is 0 Å². The van der Waals surface area contributed by atoms with Crippen LogP contribution in [0.15, 0.2) is 60.7 Å². The molecule has 0 saturated carbocycles. The van der Waals surface area contributed by atoms with Crippen LogP contribution in [-0.2, 0) is 0 Å². The van der Waals surface area contributed by atoms with Crippen molar-refractivity contribution in [3.8, 4) is 11.1 Å². The zero-order chi connectivity index (χ0) is 19.4. The molecule has 6 aromatic carbocycles. The Bertz CT molecular complexity index is 1910. The molecule has 0 amide bonds. The van der Waals surface area contributed by atoms with E-state index in [-0.39, 0.29) is 15.0 Å². The van der Waals surface area contributed by atoms with Gasteiger partial charge in [0.2, 0.25) is 0 Å². The molecular formula is C26H11N3Se. The Balaban J connectivity index is 1.72. The topological polar surface area (TPSA) is 41.6 Å². The number of benzene rings is 6. The molecule has 136 valence electrons. The molecule has 30 heavy (non-hydrogen) atoms. The summed E-state index contributed by atoms with van der Waals surface area (Å²) in [6, 6.07) is 28.4. The van der Waals surface area contributed by atoms with E-state index in [9.17, 15) is 0 Å². The molecule has 0 aliphatic carbocycles. The third-order valence-corrected chi connectivity index (χ3v) is 7.54. The van der Waals surface area contributed by atoms with Gasteiger partial charge < -0.3 is 0 Å². The molecule has 0 unspecified atom stereocenters. The van der Waals surface area contributed by atoms with Crippen LogP contribution in [0.1, 0.15) is 0 Å². The Hall–Kier alpha value is -3.46. The third-order valence-electron chi connectivity index (χ3n) is 6.43. The molecule has 0 aliphatic heterocycles. The molecule has 8 aromatic rings. The van der Waals surface area contributed by atoms with Crippen LogP contribution >= 0.6 is 0 Å². The quantitative estimate of drug-likeness (QED) is 0.194. The van der Waals surface area contributed by atoms with E-state index >= 15 is 0 Å². The van der Waals surface area contributed by atoms with Crippen molar-refractivity contribution in [1.29, 1.82) is 0 Å². The van der Waals surface area contributed by atoms with E-state index in [1.807, 2.05) is 12.1 Å². The molecule has 4 heteroatoms. The minimum absolute atomic E-state index is 0.0785. The van der Waals surface area contributed by atoms with Gasteiger partial charge in [-0.15, -0.1) is 0 Å². The molecule has 8 rings (SSSR count). The summed E-state index contributed by atoms with van der Waals surface area (Å²) < 4.78 is 9.27. The number of nitrogens with zero attached hydrogens (tertiary/aromatic N) is 2. The van der Waals surface area contributed by atoms with E-state index in [0.717, 1.165) is 16.6 Å². The number of aromatic nitrogens is 3. The summed E-state index contributed by atoms with van der Waals surface area (Å²) in [6.07, 6.45) is 0. The Morgan fingerprint density at radius 2 is 1.73 bits per heavy atom. The SMILES string of the molecule is [c]1ccc(-c2cc3cccc4c5[c]ccc6ccc7[nH]c2c(c34)c7c65)c2n[se]nc12. The van der Waals surface area contributed by atoms with Crippen molar-refractivity contribution in [1.82, 2.24) is 12.9 Å². The van der Waals surface area contributed by atoms with Crippen LogP contribution in [0.25, 0.3) is 76.3 Å². The monoisotopic (exact) mass is 445 g/mol. The standard InChI is InChI=1S/C26H11N3Se/c1-4-13-10-11-19-23-21(13)15(6-1)16-7-2-5-14-12-18(26(27-19)24(23)22(14)16)17-8-3-9-20-25(17)29-30-28-20/h1-5,7-8,10-12,27H. The van der Waals surface area contributed by atoms with Gasteiger partial charge in [0.25, 0.3) is 0 Å². The second-order valence-corrected chi connectivity index (χ2v) is 8.97. The summed E-state index contributed by atoms with van der Waals surface area (Å²) in [5.41, 5.74) is 6.53. The maximum atomic E-state index is 4.72. The van der Waals surface area contributed by atoms with E-state index < -0.39 is 0 Å². The zero-order valence-corrected chi connectivity index (χ0v) is 17.3. The van der Waals surface area contributed by atoms with Crippen molar-refractivity contribution in [2.45, 2.75) is 0 Å². The molecule has 0 atom stereocenters. The van der Waals surface area contributed by atoms with Gasteiger partial charge in [0, 0.05) is 0 Å². The van der Waals surface area contributed by atoms with Gasteiger partial charge in [0.15, 0.2) is 0 Å². The zero-order valence-electron chi connectivity index (χ0n) is 15.6. The van der Waals surface area contributed by atoms with E-state index in [1.54, 1.807) is 0 Å². The second kappa shape index (κ2) is 5.17. The molecular weight excluding hydrogens is 433 g/mol. The van der Waals surface area contributed by atoms with Gasteiger partial charge in [-0.05, 0) is 0 Å². The molecule has 2 radical (unpaired) electrons. The first kappa shape index (κ1) is 15.4. The van der Waals surface area contributed by atoms with Crippen LogP contribution in [-0.4, -0.2) is 27.9 Å². The molecule has 2 heterocycles. The van der Waals surface area contributed by atoms with Crippen LogP contribution in [0.2, 0.25) is 0 Å². The van der Waals surface area contributed by atoms with Crippen molar-refractivity contribution >= 4 is 80.1 Å². The Labute approximate surface area is 176 Å². The molecule has 0 saturated heterocycles. The number of nitrogens with one attached hydrogen (secondary N) is 1. The first-order chi connectivity index (χ1) is 14.9. The van der Waals surface area contributed by atoms with Crippen LogP contribution in [0.4, 0.5) is 0 Å². The summed E-state index contributed by atoms with van der Waals surface area (Å²) in [5.74, 6) is 0. The van der Waals surface area contributed by atoms with Gasteiger partial charge >= 0.3 is 177 Å². The van der Waals surface area contributed by atoms with Crippen molar-refractivity contribution in [3.63, 3.8) is 0 Å². The first-order valence-electron chi connectivity index (χ1n) is 9.87. The van der Waals surface area contributed by atoms with Crippen molar-refractivity contribution < 1.29 is 0 Å². The van der Waals surface area contributed by atoms with Crippen LogP contribution in [0.3, 0.4) is 0 Å². The van der Waals surface area contributed by atoms with E-state index in [1.165, 1.54) is 59.7 Å². The second-order valence-electron chi connectivity index (χ2n) is 7.86. The van der Waals surface area contributed by atoms with E-state index in [0.29, 0.717) is 0 Å². The minimum atomic E-state index is -0.0785. The fourth-order valence-electron chi connectivity index (χ4n) is 5.24. The third kappa shape index (κ3) is 1.70. The fourth-order valence-corrected chi connectivity index (χ4v) is 6.35. The number of H-pyrrole nitrogens is 1. The summed E-state index contributed by atoms with van der Waals surface area (Å²) in [7, 11) is 0. The summed E-state index contributed by atoms with van der Waals surface area (Å²) in [5, 5.41) is 10.2. The number of aromatic amines is 1. The van der Waals surface area contributed by atoms with Gasteiger partial charge in [-0.25, -0.2) is 0 Å². The van der Waals surface area contributed by atoms with Gasteiger partial charge in [0.1, 0.15) is 0 Å². The molecule has 2 aromatic heterocycles. The summed E-state index contributed by atoms with van der Waals surface area (Å²) >= 11 is -0.0785. The molecule has 0 fully saturated rings. The molecule has 3 nitrogen and oxygen atoms in total. The number of rotatable bonds is 1.